The molecule has 0 spiro atoms. The first kappa shape index (κ1) is 16.1. The zero-order chi connectivity index (χ0) is 15.1. The van der Waals surface area contributed by atoms with Crippen LogP contribution in [0, 0.1) is 0 Å². The van der Waals surface area contributed by atoms with Gasteiger partial charge >= 0.3 is 0 Å². The van der Waals surface area contributed by atoms with Crippen molar-refractivity contribution in [3.8, 4) is 11.5 Å². The average molecular weight is 293 g/mol. The summed E-state index contributed by atoms with van der Waals surface area (Å²) >= 11 is 0. The summed E-state index contributed by atoms with van der Waals surface area (Å²) in [6.07, 6.45) is 3.56. The molecule has 2 unspecified atom stereocenters. The lowest BCUT2D eigenvalue weighted by atomic mass is 10.1. The van der Waals surface area contributed by atoms with E-state index >= 15 is 0 Å². The number of ether oxygens (including phenoxy) is 3. The largest absolute Gasteiger partial charge is 0.493 e. The molecule has 0 aliphatic carbocycles. The second-order valence-corrected chi connectivity index (χ2v) is 5.53. The van der Waals surface area contributed by atoms with E-state index in [1.165, 1.54) is 5.56 Å². The molecule has 0 saturated carbocycles. The van der Waals surface area contributed by atoms with E-state index in [-0.39, 0.29) is 6.10 Å². The van der Waals surface area contributed by atoms with Gasteiger partial charge in [-0.3, -0.25) is 0 Å². The highest BCUT2D eigenvalue weighted by Gasteiger charge is 2.17. The van der Waals surface area contributed by atoms with Crippen molar-refractivity contribution in [3.63, 3.8) is 0 Å². The Morgan fingerprint density at radius 1 is 1.38 bits per heavy atom. The van der Waals surface area contributed by atoms with E-state index in [1.54, 1.807) is 7.11 Å². The summed E-state index contributed by atoms with van der Waals surface area (Å²) in [5, 5.41) is 3.48. The minimum absolute atomic E-state index is 0.222. The molecular weight excluding hydrogens is 266 g/mol. The third-order valence-electron chi connectivity index (χ3n) is 3.84. The van der Waals surface area contributed by atoms with Crippen LogP contribution in [0.2, 0.25) is 0 Å². The molecule has 1 aromatic carbocycles. The Labute approximate surface area is 127 Å². The molecule has 0 bridgehead atoms. The van der Waals surface area contributed by atoms with E-state index in [2.05, 4.69) is 31.3 Å². The molecule has 0 amide bonds. The molecule has 1 saturated heterocycles. The highest BCUT2D eigenvalue weighted by molar-refractivity contribution is 5.43. The Morgan fingerprint density at radius 2 is 2.24 bits per heavy atom. The zero-order valence-electron chi connectivity index (χ0n) is 13.4. The molecule has 0 aromatic heterocycles. The standard InChI is InChI=1S/C17H27NO3/c1-4-9-18-13(2)14-7-8-16(17(11-14)19-3)21-12-15-6-5-10-20-15/h7-8,11,13,15,18H,4-6,9-10,12H2,1-3H3. The Balaban J connectivity index is 1.97. The van der Waals surface area contributed by atoms with Gasteiger partial charge in [-0.2, -0.15) is 0 Å². The van der Waals surface area contributed by atoms with E-state index in [9.17, 15) is 0 Å². The maximum atomic E-state index is 5.86. The van der Waals surface area contributed by atoms with Crippen molar-refractivity contribution in [1.29, 1.82) is 0 Å². The van der Waals surface area contributed by atoms with E-state index in [4.69, 9.17) is 14.2 Å². The Hall–Kier alpha value is -1.26. The minimum atomic E-state index is 0.222. The lowest BCUT2D eigenvalue weighted by molar-refractivity contribution is 0.0669. The van der Waals surface area contributed by atoms with Gasteiger partial charge in [-0.25, -0.2) is 0 Å². The minimum Gasteiger partial charge on any atom is -0.493 e. The number of rotatable bonds is 8. The molecule has 1 fully saturated rings. The summed E-state index contributed by atoms with van der Waals surface area (Å²) in [5.41, 5.74) is 1.21. The van der Waals surface area contributed by atoms with E-state index < -0.39 is 0 Å². The number of benzene rings is 1. The second-order valence-electron chi connectivity index (χ2n) is 5.53. The predicted octanol–water partition coefficient (Wildman–Crippen LogP) is 3.31. The number of methoxy groups -OCH3 is 1. The second kappa shape index (κ2) is 8.25. The molecule has 1 N–H and O–H groups in total. The molecule has 2 atom stereocenters. The SMILES string of the molecule is CCCNC(C)c1ccc(OCC2CCCO2)c(OC)c1. The highest BCUT2D eigenvalue weighted by atomic mass is 16.5. The maximum absolute atomic E-state index is 5.86. The first-order valence-electron chi connectivity index (χ1n) is 7.90. The molecule has 1 aromatic rings. The fraction of sp³-hybridized carbons (Fsp3) is 0.647. The van der Waals surface area contributed by atoms with Crippen molar-refractivity contribution in [2.75, 3.05) is 26.9 Å². The zero-order valence-corrected chi connectivity index (χ0v) is 13.4. The Morgan fingerprint density at radius 3 is 2.90 bits per heavy atom. The third-order valence-corrected chi connectivity index (χ3v) is 3.84. The lowest BCUT2D eigenvalue weighted by Crippen LogP contribution is -2.19. The molecule has 1 aliphatic rings. The molecule has 2 rings (SSSR count). The summed E-state index contributed by atoms with van der Waals surface area (Å²) in [6.45, 7) is 6.80. The van der Waals surface area contributed by atoms with Gasteiger partial charge in [0.1, 0.15) is 6.61 Å². The van der Waals surface area contributed by atoms with Crippen molar-refractivity contribution < 1.29 is 14.2 Å². The molecule has 21 heavy (non-hydrogen) atoms. The summed E-state index contributed by atoms with van der Waals surface area (Å²) in [7, 11) is 1.68. The summed E-state index contributed by atoms with van der Waals surface area (Å²) < 4.78 is 16.9. The van der Waals surface area contributed by atoms with E-state index in [0.29, 0.717) is 12.6 Å². The van der Waals surface area contributed by atoms with Gasteiger partial charge in [0.15, 0.2) is 11.5 Å². The molecule has 0 radical (unpaired) electrons. The maximum Gasteiger partial charge on any atom is 0.161 e. The van der Waals surface area contributed by atoms with Crippen LogP contribution in [0.15, 0.2) is 18.2 Å². The van der Waals surface area contributed by atoms with Gasteiger partial charge in [-0.05, 0) is 50.4 Å². The summed E-state index contributed by atoms with van der Waals surface area (Å²) in [5.74, 6) is 1.58. The van der Waals surface area contributed by atoms with Gasteiger partial charge in [-0.1, -0.05) is 13.0 Å². The van der Waals surface area contributed by atoms with Gasteiger partial charge in [-0.15, -0.1) is 0 Å². The predicted molar refractivity (Wildman–Crippen MR) is 84.2 cm³/mol. The fourth-order valence-corrected chi connectivity index (χ4v) is 2.51. The van der Waals surface area contributed by atoms with Crippen molar-refractivity contribution in [3.05, 3.63) is 23.8 Å². The summed E-state index contributed by atoms with van der Waals surface area (Å²) in [4.78, 5) is 0. The van der Waals surface area contributed by atoms with E-state index in [1.807, 2.05) is 6.07 Å². The van der Waals surface area contributed by atoms with Crippen LogP contribution in [0.1, 0.15) is 44.7 Å². The molecule has 4 heteroatoms. The van der Waals surface area contributed by atoms with Crippen LogP contribution in [0.5, 0.6) is 11.5 Å². The van der Waals surface area contributed by atoms with Gasteiger partial charge < -0.3 is 19.5 Å². The van der Waals surface area contributed by atoms with Crippen LogP contribution in [0.4, 0.5) is 0 Å². The van der Waals surface area contributed by atoms with Crippen molar-refractivity contribution >= 4 is 0 Å². The molecule has 1 aliphatic heterocycles. The van der Waals surface area contributed by atoms with Crippen molar-refractivity contribution in [1.82, 2.24) is 5.32 Å². The molecular formula is C17H27NO3. The van der Waals surface area contributed by atoms with Crippen LogP contribution in [-0.4, -0.2) is 33.0 Å². The van der Waals surface area contributed by atoms with Crippen molar-refractivity contribution in [2.24, 2.45) is 0 Å². The molecule has 118 valence electrons. The van der Waals surface area contributed by atoms with Crippen molar-refractivity contribution in [2.45, 2.75) is 45.3 Å². The van der Waals surface area contributed by atoms with Crippen LogP contribution < -0.4 is 14.8 Å². The van der Waals surface area contributed by atoms with Gasteiger partial charge in [0.25, 0.3) is 0 Å². The number of hydrogen-bond donors (Lipinski definition) is 1. The first-order valence-corrected chi connectivity index (χ1v) is 7.90. The van der Waals surface area contributed by atoms with Crippen LogP contribution in [0.3, 0.4) is 0 Å². The lowest BCUT2D eigenvalue weighted by Gasteiger charge is -2.18. The first-order chi connectivity index (χ1) is 10.2. The molecule has 4 nitrogen and oxygen atoms in total. The Kier molecular flexibility index (Phi) is 6.33. The monoisotopic (exact) mass is 293 g/mol. The third kappa shape index (κ3) is 4.61. The quantitative estimate of drug-likeness (QED) is 0.798. The summed E-state index contributed by atoms with van der Waals surface area (Å²) in [6, 6.07) is 6.46. The Bertz CT molecular complexity index is 430. The smallest absolute Gasteiger partial charge is 0.161 e. The van der Waals surface area contributed by atoms with Gasteiger partial charge in [0.05, 0.1) is 13.2 Å². The average Bonchev–Trinajstić information content (AvgIpc) is 3.03. The molecule has 1 heterocycles. The highest BCUT2D eigenvalue weighted by Crippen LogP contribution is 2.31. The number of nitrogens with one attached hydrogen (secondary N) is 1. The van der Waals surface area contributed by atoms with Crippen LogP contribution >= 0.6 is 0 Å². The topological polar surface area (TPSA) is 39.7 Å². The van der Waals surface area contributed by atoms with Gasteiger partial charge in [0.2, 0.25) is 0 Å². The van der Waals surface area contributed by atoms with Gasteiger partial charge in [0, 0.05) is 12.6 Å². The number of hydrogen-bond acceptors (Lipinski definition) is 4. The van der Waals surface area contributed by atoms with Crippen LogP contribution in [-0.2, 0) is 4.74 Å². The van der Waals surface area contributed by atoms with Crippen LogP contribution in [0.25, 0.3) is 0 Å². The fourth-order valence-electron chi connectivity index (χ4n) is 2.51. The van der Waals surface area contributed by atoms with E-state index in [0.717, 1.165) is 43.9 Å². The normalized spacial score (nSPS) is 19.5.